The van der Waals surface area contributed by atoms with Gasteiger partial charge in [-0.15, -0.1) is 0 Å². The van der Waals surface area contributed by atoms with Crippen molar-refractivity contribution in [1.29, 1.82) is 0 Å². The van der Waals surface area contributed by atoms with Crippen LogP contribution in [-0.4, -0.2) is 71.0 Å². The van der Waals surface area contributed by atoms with Crippen LogP contribution in [0.25, 0.3) is 10.9 Å². The van der Waals surface area contributed by atoms with Crippen LogP contribution in [0.5, 0.6) is 0 Å². The highest BCUT2D eigenvalue weighted by Gasteiger charge is 2.45. The van der Waals surface area contributed by atoms with E-state index in [4.69, 9.17) is 23.7 Å². The molecule has 0 aliphatic carbocycles. The van der Waals surface area contributed by atoms with E-state index >= 15 is 0 Å². The molecule has 4 atom stereocenters. The van der Waals surface area contributed by atoms with Crippen LogP contribution in [0.3, 0.4) is 0 Å². The molecule has 0 aliphatic rings. The lowest BCUT2D eigenvalue weighted by Gasteiger charge is -2.35. The van der Waals surface area contributed by atoms with Crippen molar-refractivity contribution in [1.82, 2.24) is 4.98 Å². The minimum absolute atomic E-state index is 0.0222. The Bertz CT molecular complexity index is 1280. The first-order valence-electron chi connectivity index (χ1n) is 14.4. The fraction of sp³-hybridized carbons (Fsp3) is 0.516. The second-order valence-corrected chi connectivity index (χ2v) is 9.51. The van der Waals surface area contributed by atoms with E-state index < -0.39 is 60.9 Å². The zero-order valence-corrected chi connectivity index (χ0v) is 25.3. The topological polar surface area (TPSA) is 168 Å². The largest absolute Gasteiger partial charge is 0.463 e. The van der Waals surface area contributed by atoms with E-state index in [0.29, 0.717) is 6.42 Å². The molecule has 0 saturated carbocycles. The molecule has 1 heterocycles. The number of para-hydroxylation sites is 1. The molecule has 2 N–H and O–H groups in total. The van der Waals surface area contributed by atoms with Crippen molar-refractivity contribution < 1.29 is 52.8 Å². The highest BCUT2D eigenvalue weighted by Crippen LogP contribution is 2.26. The summed E-state index contributed by atoms with van der Waals surface area (Å²) in [5.41, 5.74) is 1.82. The number of hydrogen-bond donors (Lipinski definition) is 2. The predicted molar refractivity (Wildman–Crippen MR) is 154 cm³/mol. The van der Waals surface area contributed by atoms with Crippen LogP contribution in [0.2, 0.25) is 0 Å². The van der Waals surface area contributed by atoms with Gasteiger partial charge in [0.05, 0.1) is 6.42 Å². The Morgan fingerprint density at radius 3 is 2.00 bits per heavy atom. The van der Waals surface area contributed by atoms with Gasteiger partial charge in [-0.05, 0) is 31.1 Å². The number of carbonyl (C=O) groups excluding carboxylic acids is 5. The number of fused-ring (bicyclic) bond motifs is 1. The number of aromatic amines is 1. The summed E-state index contributed by atoms with van der Waals surface area (Å²) < 4.78 is 27.3. The first-order chi connectivity index (χ1) is 20.6. The van der Waals surface area contributed by atoms with Crippen molar-refractivity contribution in [2.45, 2.75) is 97.6 Å². The summed E-state index contributed by atoms with van der Waals surface area (Å²) in [6.07, 6.45) is -3.46. The number of aliphatic hydroxyl groups is 1. The summed E-state index contributed by atoms with van der Waals surface area (Å²) in [6.45, 7) is 7.01. The Hall–Kier alpha value is -4.19. The maximum atomic E-state index is 13.0. The van der Waals surface area contributed by atoms with Crippen LogP contribution in [0, 0.1) is 0 Å². The van der Waals surface area contributed by atoms with Gasteiger partial charge in [-0.2, -0.15) is 0 Å². The molecule has 0 unspecified atom stereocenters. The molecule has 2 aromatic rings. The monoisotopic (exact) mass is 603 g/mol. The smallest absolute Gasteiger partial charge is 0.311 e. The average Bonchev–Trinajstić information content (AvgIpc) is 3.44. The quantitative estimate of drug-likeness (QED) is 0.153. The number of rotatable bonds is 17. The Morgan fingerprint density at radius 2 is 1.40 bits per heavy atom. The second kappa shape index (κ2) is 17.7. The molecular formula is C31H41NO11. The minimum Gasteiger partial charge on any atom is -0.463 e. The van der Waals surface area contributed by atoms with Gasteiger partial charge in [0.15, 0.2) is 18.3 Å². The third kappa shape index (κ3) is 10.5. The molecule has 0 amide bonds. The number of aryl methyl sites for hydroxylation is 1. The summed E-state index contributed by atoms with van der Waals surface area (Å²) in [4.78, 5) is 65.4. The van der Waals surface area contributed by atoms with E-state index in [2.05, 4.69) is 4.98 Å². The highest BCUT2D eigenvalue weighted by molar-refractivity contribution is 5.83. The Kier molecular flexibility index (Phi) is 14.4. The number of carbonyl (C=O) groups is 5. The van der Waals surface area contributed by atoms with Crippen molar-refractivity contribution >= 4 is 40.7 Å². The van der Waals surface area contributed by atoms with Gasteiger partial charge in [-0.25, -0.2) is 0 Å². The van der Waals surface area contributed by atoms with Gasteiger partial charge in [0.2, 0.25) is 0 Å². The Balaban J connectivity index is 2.41. The van der Waals surface area contributed by atoms with Gasteiger partial charge in [0.25, 0.3) is 0 Å². The van der Waals surface area contributed by atoms with Crippen LogP contribution >= 0.6 is 0 Å². The molecule has 12 nitrogen and oxygen atoms in total. The molecule has 0 radical (unpaired) electrons. The van der Waals surface area contributed by atoms with Crippen molar-refractivity contribution in [3.05, 3.63) is 47.9 Å². The number of allylic oxidation sites excluding steroid dienone is 1. The van der Waals surface area contributed by atoms with Crippen molar-refractivity contribution in [3.8, 4) is 0 Å². The van der Waals surface area contributed by atoms with Gasteiger partial charge in [0.1, 0.15) is 18.5 Å². The standard InChI is InChI=1S/C31H41NO11/c1-6-23(40-28(38)16-15-19-17-32-21-14-12-11-13-20(19)21)30(42-26(36)9-4)31(43-27(37)10-5)29(41-25(35)8-3)22(33)18-39-24(34)7-2/h6,11-14,17,22,29-33H,7-10,15-16,18H2,1-5H3/b23-6-/t22-,29-,30+,31+/m1/s1. The maximum absolute atomic E-state index is 13.0. The number of esters is 5. The molecule has 1 aromatic carbocycles. The molecule has 236 valence electrons. The zero-order valence-electron chi connectivity index (χ0n) is 25.3. The molecule has 1 aromatic heterocycles. The SMILES string of the molecule is C/C=C(\OC(=O)CCc1c[nH]c2ccccc12)[C@H](OC(=O)CC)[C@@H](OC(=O)CC)[C@H](OC(=O)CC)[C@H](O)COC(=O)CC. The molecule has 0 spiro atoms. The van der Waals surface area contributed by atoms with E-state index in [0.717, 1.165) is 16.5 Å². The van der Waals surface area contributed by atoms with Gasteiger partial charge >= 0.3 is 29.8 Å². The lowest BCUT2D eigenvalue weighted by atomic mass is 10.00. The summed E-state index contributed by atoms with van der Waals surface area (Å²) in [6, 6.07) is 7.63. The van der Waals surface area contributed by atoms with E-state index in [1.54, 1.807) is 13.1 Å². The van der Waals surface area contributed by atoms with Crippen LogP contribution in [0.1, 0.15) is 72.3 Å². The van der Waals surface area contributed by atoms with Crippen LogP contribution in [0.4, 0.5) is 0 Å². The molecule has 0 saturated heterocycles. The zero-order chi connectivity index (χ0) is 31.9. The van der Waals surface area contributed by atoms with Crippen LogP contribution in [0.15, 0.2) is 42.3 Å². The first kappa shape index (κ1) is 35.0. The summed E-state index contributed by atoms with van der Waals surface area (Å²) >= 11 is 0. The second-order valence-electron chi connectivity index (χ2n) is 9.51. The number of ether oxygens (including phenoxy) is 5. The molecule has 12 heteroatoms. The molecule has 43 heavy (non-hydrogen) atoms. The van der Waals surface area contributed by atoms with Gasteiger partial charge < -0.3 is 33.8 Å². The van der Waals surface area contributed by atoms with Crippen LogP contribution in [-0.2, 0) is 54.1 Å². The van der Waals surface area contributed by atoms with E-state index in [-0.39, 0.29) is 37.9 Å². The van der Waals surface area contributed by atoms with Gasteiger partial charge in [0, 0.05) is 42.8 Å². The Labute approximate surface area is 250 Å². The fourth-order valence-electron chi connectivity index (χ4n) is 4.06. The molecule has 0 fully saturated rings. The van der Waals surface area contributed by atoms with E-state index in [1.807, 2.05) is 24.3 Å². The molecule has 0 bridgehead atoms. The van der Waals surface area contributed by atoms with Gasteiger partial charge in [-0.3, -0.25) is 24.0 Å². The maximum Gasteiger partial charge on any atom is 0.311 e. The van der Waals surface area contributed by atoms with E-state index in [9.17, 15) is 29.1 Å². The number of H-pyrrole nitrogens is 1. The van der Waals surface area contributed by atoms with Crippen molar-refractivity contribution in [2.24, 2.45) is 0 Å². The summed E-state index contributed by atoms with van der Waals surface area (Å²) in [7, 11) is 0. The number of aromatic nitrogens is 1. The Morgan fingerprint density at radius 1 is 0.814 bits per heavy atom. The van der Waals surface area contributed by atoms with E-state index in [1.165, 1.54) is 33.8 Å². The fourth-order valence-corrected chi connectivity index (χ4v) is 4.06. The van der Waals surface area contributed by atoms with Crippen molar-refractivity contribution in [2.75, 3.05) is 6.61 Å². The first-order valence-corrected chi connectivity index (χ1v) is 14.4. The highest BCUT2D eigenvalue weighted by atomic mass is 16.6. The molecule has 2 rings (SSSR count). The number of benzene rings is 1. The number of nitrogens with one attached hydrogen (secondary N) is 1. The average molecular weight is 604 g/mol. The number of hydrogen-bond acceptors (Lipinski definition) is 11. The normalized spacial score (nSPS) is 14.2. The minimum atomic E-state index is -1.70. The third-order valence-corrected chi connectivity index (χ3v) is 6.43. The lowest BCUT2D eigenvalue weighted by molar-refractivity contribution is -0.198. The lowest BCUT2D eigenvalue weighted by Crippen LogP contribution is -2.53. The predicted octanol–water partition coefficient (Wildman–Crippen LogP) is 3.83. The summed E-state index contributed by atoms with van der Waals surface area (Å²) in [5.74, 6) is -3.80. The van der Waals surface area contributed by atoms with Gasteiger partial charge in [-0.1, -0.05) is 45.9 Å². The number of aliphatic hydroxyl groups excluding tert-OH is 1. The summed E-state index contributed by atoms with van der Waals surface area (Å²) in [5, 5.41) is 11.9. The molecular weight excluding hydrogens is 562 g/mol. The van der Waals surface area contributed by atoms with Crippen molar-refractivity contribution in [3.63, 3.8) is 0 Å². The third-order valence-electron chi connectivity index (χ3n) is 6.43. The van der Waals surface area contributed by atoms with Crippen LogP contribution < -0.4 is 0 Å². The molecule has 0 aliphatic heterocycles.